The number of anilines is 1. The molecule has 1 aromatic heterocycles. The third kappa shape index (κ3) is 3.84. The standard InChI is InChI=1S/C22H24Cl2FN3O2/c1-12(18-16(23)4-5-17(25)19(18)24)30-21-20-14(10-27-22(21)26-2)15(11-29-20)13-6-8-28(3)9-7-13/h4-6,10,12,15H,7-9,11H2,1-3H3,(H,26,27)/t12-,15?/m1/s1. The Balaban J connectivity index is 1.69. The van der Waals surface area contributed by atoms with E-state index >= 15 is 0 Å². The van der Waals surface area contributed by atoms with Crippen LogP contribution in [0.4, 0.5) is 10.2 Å². The van der Waals surface area contributed by atoms with E-state index < -0.39 is 11.9 Å². The largest absolute Gasteiger partial charge is 0.488 e. The lowest BCUT2D eigenvalue weighted by Gasteiger charge is -2.25. The Morgan fingerprint density at radius 1 is 1.37 bits per heavy atom. The van der Waals surface area contributed by atoms with Crippen molar-refractivity contribution in [3.8, 4) is 11.5 Å². The van der Waals surface area contributed by atoms with Gasteiger partial charge < -0.3 is 19.7 Å². The minimum atomic E-state index is -0.605. The first-order valence-electron chi connectivity index (χ1n) is 9.91. The summed E-state index contributed by atoms with van der Waals surface area (Å²) in [5.41, 5.74) is 2.76. The molecule has 0 amide bonds. The highest BCUT2D eigenvalue weighted by Crippen LogP contribution is 2.49. The Morgan fingerprint density at radius 2 is 2.17 bits per heavy atom. The Bertz CT molecular complexity index is 999. The van der Waals surface area contributed by atoms with Gasteiger partial charge in [0.15, 0.2) is 11.6 Å². The number of hydrogen-bond acceptors (Lipinski definition) is 5. The smallest absolute Gasteiger partial charge is 0.204 e. The maximum Gasteiger partial charge on any atom is 0.204 e. The molecule has 30 heavy (non-hydrogen) atoms. The number of hydrogen-bond donors (Lipinski definition) is 1. The fourth-order valence-corrected chi connectivity index (χ4v) is 4.67. The van der Waals surface area contributed by atoms with Crippen LogP contribution in [0.1, 0.15) is 36.5 Å². The summed E-state index contributed by atoms with van der Waals surface area (Å²) in [6, 6.07) is 2.72. The van der Waals surface area contributed by atoms with Gasteiger partial charge in [-0.05, 0) is 32.5 Å². The number of rotatable bonds is 5. The predicted molar refractivity (Wildman–Crippen MR) is 118 cm³/mol. The molecule has 8 heteroatoms. The summed E-state index contributed by atoms with van der Waals surface area (Å²) in [6.45, 7) is 4.28. The highest BCUT2D eigenvalue weighted by Gasteiger charge is 2.34. The van der Waals surface area contributed by atoms with Crippen molar-refractivity contribution >= 4 is 29.0 Å². The summed E-state index contributed by atoms with van der Waals surface area (Å²) in [4.78, 5) is 6.83. The minimum Gasteiger partial charge on any atom is -0.488 e. The van der Waals surface area contributed by atoms with Gasteiger partial charge in [-0.2, -0.15) is 0 Å². The highest BCUT2D eigenvalue weighted by atomic mass is 35.5. The highest BCUT2D eigenvalue weighted by molar-refractivity contribution is 6.36. The number of nitrogens with one attached hydrogen (secondary N) is 1. The van der Waals surface area contributed by atoms with Crippen LogP contribution in [0.3, 0.4) is 0 Å². The molecular formula is C22H24Cl2FN3O2. The quantitative estimate of drug-likeness (QED) is 0.483. The van der Waals surface area contributed by atoms with Crippen LogP contribution < -0.4 is 14.8 Å². The third-order valence-corrected chi connectivity index (χ3v) is 6.41. The molecular weight excluding hydrogens is 428 g/mol. The number of pyridine rings is 1. The molecule has 2 atom stereocenters. The molecule has 2 aliphatic rings. The van der Waals surface area contributed by atoms with Crippen molar-refractivity contribution in [2.45, 2.75) is 25.4 Å². The van der Waals surface area contributed by atoms with E-state index in [9.17, 15) is 4.39 Å². The van der Waals surface area contributed by atoms with Gasteiger partial charge in [0.05, 0.1) is 11.6 Å². The van der Waals surface area contributed by atoms with Gasteiger partial charge in [-0.25, -0.2) is 9.37 Å². The zero-order valence-corrected chi connectivity index (χ0v) is 18.6. The zero-order valence-electron chi connectivity index (χ0n) is 17.1. The molecule has 0 saturated carbocycles. The lowest BCUT2D eigenvalue weighted by molar-refractivity contribution is 0.213. The maximum atomic E-state index is 14.0. The van der Waals surface area contributed by atoms with Gasteiger partial charge in [0.25, 0.3) is 0 Å². The summed E-state index contributed by atoms with van der Waals surface area (Å²) >= 11 is 12.5. The van der Waals surface area contributed by atoms with Crippen molar-refractivity contribution < 1.29 is 13.9 Å². The molecule has 0 fully saturated rings. The molecule has 5 nitrogen and oxygen atoms in total. The van der Waals surface area contributed by atoms with Crippen molar-refractivity contribution in [2.24, 2.45) is 0 Å². The Morgan fingerprint density at radius 3 is 2.87 bits per heavy atom. The normalized spacial score (nSPS) is 19.7. The molecule has 0 bridgehead atoms. The lowest BCUT2D eigenvalue weighted by Crippen LogP contribution is -2.26. The van der Waals surface area contributed by atoms with E-state index in [-0.39, 0.29) is 10.9 Å². The van der Waals surface area contributed by atoms with Crippen LogP contribution in [0.2, 0.25) is 10.0 Å². The second-order valence-corrected chi connectivity index (χ2v) is 8.43. The van der Waals surface area contributed by atoms with Crippen LogP contribution in [0.15, 0.2) is 30.0 Å². The number of fused-ring (bicyclic) bond motifs is 1. The van der Waals surface area contributed by atoms with Gasteiger partial charge in [0.2, 0.25) is 5.75 Å². The summed E-state index contributed by atoms with van der Waals surface area (Å²) in [5, 5.41) is 3.34. The van der Waals surface area contributed by atoms with Crippen molar-refractivity contribution in [1.82, 2.24) is 9.88 Å². The van der Waals surface area contributed by atoms with Gasteiger partial charge in [-0.15, -0.1) is 0 Å². The van der Waals surface area contributed by atoms with Gasteiger partial charge in [-0.1, -0.05) is 34.9 Å². The third-order valence-electron chi connectivity index (χ3n) is 5.70. The molecule has 0 aliphatic carbocycles. The first-order valence-corrected chi connectivity index (χ1v) is 10.7. The van der Waals surface area contributed by atoms with Crippen molar-refractivity contribution in [3.05, 3.63) is 57.0 Å². The molecule has 0 radical (unpaired) electrons. The van der Waals surface area contributed by atoms with Crippen LogP contribution in [0, 0.1) is 5.82 Å². The molecule has 4 rings (SSSR count). The topological polar surface area (TPSA) is 46.6 Å². The average Bonchev–Trinajstić information content (AvgIpc) is 3.16. The molecule has 0 saturated heterocycles. The summed E-state index contributed by atoms with van der Waals surface area (Å²) < 4.78 is 26.3. The minimum absolute atomic E-state index is 0.0446. The van der Waals surface area contributed by atoms with Crippen molar-refractivity contribution in [2.75, 3.05) is 39.1 Å². The molecule has 1 unspecified atom stereocenters. The first kappa shape index (κ1) is 21.2. The van der Waals surface area contributed by atoms with Crippen LogP contribution >= 0.6 is 23.2 Å². The van der Waals surface area contributed by atoms with Crippen LogP contribution in [0.5, 0.6) is 11.5 Å². The van der Waals surface area contributed by atoms with E-state index in [1.165, 1.54) is 17.7 Å². The van der Waals surface area contributed by atoms with E-state index in [2.05, 4.69) is 28.3 Å². The van der Waals surface area contributed by atoms with Crippen LogP contribution in [-0.4, -0.2) is 43.7 Å². The summed E-state index contributed by atoms with van der Waals surface area (Å²) in [6.07, 6.45) is 4.51. The molecule has 3 heterocycles. The maximum absolute atomic E-state index is 14.0. The van der Waals surface area contributed by atoms with E-state index in [0.29, 0.717) is 34.5 Å². The zero-order chi connectivity index (χ0) is 21.4. The van der Waals surface area contributed by atoms with Crippen LogP contribution in [-0.2, 0) is 0 Å². The van der Waals surface area contributed by atoms with Gasteiger partial charge in [-0.3, -0.25) is 0 Å². The predicted octanol–water partition coefficient (Wildman–Crippen LogP) is 5.45. The fraction of sp³-hybridized carbons (Fsp3) is 0.409. The molecule has 2 aromatic rings. The van der Waals surface area contributed by atoms with Crippen LogP contribution in [0.25, 0.3) is 0 Å². The molecule has 160 valence electrons. The SMILES string of the molecule is CNc1ncc2c(c1O[C@H](C)c1c(Cl)ccc(F)c1Cl)OCC2C1=CCN(C)CC1. The summed E-state index contributed by atoms with van der Waals surface area (Å²) in [7, 11) is 3.88. The number of benzene rings is 1. The molecule has 0 spiro atoms. The lowest BCUT2D eigenvalue weighted by atomic mass is 9.90. The Hall–Kier alpha value is -2.02. The fourth-order valence-electron chi connectivity index (χ4n) is 3.99. The molecule has 2 aliphatic heterocycles. The number of halogens is 3. The number of nitrogens with zero attached hydrogens (tertiary/aromatic N) is 2. The van der Waals surface area contributed by atoms with E-state index in [1.807, 2.05) is 6.20 Å². The van der Waals surface area contributed by atoms with E-state index in [0.717, 1.165) is 25.1 Å². The van der Waals surface area contributed by atoms with Crippen molar-refractivity contribution in [1.29, 1.82) is 0 Å². The molecule has 1 N–H and O–H groups in total. The Kier molecular flexibility index (Phi) is 6.09. The number of ether oxygens (including phenoxy) is 2. The Labute approximate surface area is 185 Å². The van der Waals surface area contributed by atoms with E-state index in [1.54, 1.807) is 14.0 Å². The number of likely N-dealkylation sites (N-methyl/N-ethyl adjacent to an activating group) is 1. The second kappa shape index (κ2) is 8.61. The van der Waals surface area contributed by atoms with Gasteiger partial charge in [0.1, 0.15) is 11.9 Å². The second-order valence-electron chi connectivity index (χ2n) is 7.64. The number of aromatic nitrogens is 1. The first-order chi connectivity index (χ1) is 14.4. The van der Waals surface area contributed by atoms with E-state index in [4.69, 9.17) is 32.7 Å². The van der Waals surface area contributed by atoms with Gasteiger partial charge >= 0.3 is 0 Å². The molecule has 1 aromatic carbocycles. The average molecular weight is 452 g/mol. The monoisotopic (exact) mass is 451 g/mol. The summed E-state index contributed by atoms with van der Waals surface area (Å²) in [5.74, 6) is 1.31. The van der Waals surface area contributed by atoms with Gasteiger partial charge in [0, 0.05) is 48.4 Å². The van der Waals surface area contributed by atoms with Crippen molar-refractivity contribution in [3.63, 3.8) is 0 Å².